The van der Waals surface area contributed by atoms with Crippen LogP contribution in [0.1, 0.15) is 24.1 Å². The monoisotopic (exact) mass is 257 g/mol. The van der Waals surface area contributed by atoms with Crippen molar-refractivity contribution in [2.24, 2.45) is 0 Å². The SMILES string of the molecule is CC1c2cccc(Br)c2CCN1P. The van der Waals surface area contributed by atoms with Gasteiger partial charge >= 0.3 is 0 Å². The Hall–Kier alpha value is 0.0900. The molecule has 1 nitrogen and oxygen atoms in total. The zero-order valence-corrected chi connectivity index (χ0v) is 10.4. The number of hydrogen-bond acceptors (Lipinski definition) is 1. The molecule has 0 bridgehead atoms. The molecule has 0 amide bonds. The lowest BCUT2D eigenvalue weighted by Crippen LogP contribution is -2.25. The average molecular weight is 258 g/mol. The fourth-order valence-electron chi connectivity index (χ4n) is 1.84. The van der Waals surface area contributed by atoms with E-state index in [1.807, 2.05) is 0 Å². The molecule has 0 N–H and O–H groups in total. The molecule has 1 heterocycles. The van der Waals surface area contributed by atoms with Crippen molar-refractivity contribution in [3.05, 3.63) is 33.8 Å². The van der Waals surface area contributed by atoms with Crippen molar-refractivity contribution < 1.29 is 0 Å². The second kappa shape index (κ2) is 3.68. The molecule has 0 aromatic heterocycles. The molecule has 1 aliphatic rings. The molecule has 0 aliphatic carbocycles. The van der Waals surface area contributed by atoms with Gasteiger partial charge in [-0.05, 0) is 30.5 Å². The van der Waals surface area contributed by atoms with Crippen molar-refractivity contribution in [1.29, 1.82) is 0 Å². The second-order valence-electron chi connectivity index (χ2n) is 3.47. The van der Waals surface area contributed by atoms with Crippen LogP contribution in [0.3, 0.4) is 0 Å². The summed E-state index contributed by atoms with van der Waals surface area (Å²) in [6.45, 7) is 3.37. The van der Waals surface area contributed by atoms with E-state index in [0.717, 1.165) is 13.0 Å². The first-order valence-corrected chi connectivity index (χ1v) is 5.79. The summed E-state index contributed by atoms with van der Waals surface area (Å²) in [5.74, 6) is 0. The predicted octanol–water partition coefficient (Wildman–Crippen LogP) is 3.16. The third kappa shape index (κ3) is 1.68. The first-order chi connectivity index (χ1) is 6.20. The topological polar surface area (TPSA) is 3.24 Å². The van der Waals surface area contributed by atoms with E-state index < -0.39 is 0 Å². The molecule has 0 fully saturated rings. The van der Waals surface area contributed by atoms with Crippen molar-refractivity contribution in [2.45, 2.75) is 19.4 Å². The van der Waals surface area contributed by atoms with E-state index in [0.29, 0.717) is 6.04 Å². The zero-order chi connectivity index (χ0) is 9.42. The van der Waals surface area contributed by atoms with Gasteiger partial charge in [0.05, 0.1) is 0 Å². The normalized spacial score (nSPS) is 22.8. The van der Waals surface area contributed by atoms with Gasteiger partial charge in [0.15, 0.2) is 0 Å². The van der Waals surface area contributed by atoms with Gasteiger partial charge in [0.25, 0.3) is 0 Å². The van der Waals surface area contributed by atoms with Gasteiger partial charge in [-0.2, -0.15) is 0 Å². The number of benzene rings is 1. The maximum atomic E-state index is 3.60. The van der Waals surface area contributed by atoms with Crippen LogP contribution in [0.4, 0.5) is 0 Å². The average Bonchev–Trinajstić information content (AvgIpc) is 2.12. The van der Waals surface area contributed by atoms with Gasteiger partial charge in [0.2, 0.25) is 0 Å². The van der Waals surface area contributed by atoms with Crippen LogP contribution in [0.25, 0.3) is 0 Å². The minimum Gasteiger partial charge on any atom is -0.280 e. The van der Waals surface area contributed by atoms with Crippen LogP contribution in [-0.4, -0.2) is 11.2 Å². The van der Waals surface area contributed by atoms with Crippen molar-refractivity contribution in [3.63, 3.8) is 0 Å². The molecule has 2 unspecified atom stereocenters. The van der Waals surface area contributed by atoms with Crippen molar-refractivity contribution in [1.82, 2.24) is 4.67 Å². The van der Waals surface area contributed by atoms with E-state index in [-0.39, 0.29) is 0 Å². The molecule has 2 atom stereocenters. The van der Waals surface area contributed by atoms with Crippen molar-refractivity contribution in [2.75, 3.05) is 6.54 Å². The molecule has 1 aliphatic heterocycles. The van der Waals surface area contributed by atoms with Crippen LogP contribution in [0.15, 0.2) is 22.7 Å². The molecular weight excluding hydrogens is 245 g/mol. The number of fused-ring (bicyclic) bond motifs is 1. The van der Waals surface area contributed by atoms with Crippen LogP contribution in [0, 0.1) is 0 Å². The van der Waals surface area contributed by atoms with Crippen LogP contribution in [0.2, 0.25) is 0 Å². The number of halogens is 1. The summed E-state index contributed by atoms with van der Waals surface area (Å²) >= 11 is 3.60. The van der Waals surface area contributed by atoms with E-state index in [1.54, 1.807) is 0 Å². The van der Waals surface area contributed by atoms with Crippen LogP contribution >= 0.6 is 25.3 Å². The summed E-state index contributed by atoms with van der Waals surface area (Å²) in [6.07, 6.45) is 1.14. The summed E-state index contributed by atoms with van der Waals surface area (Å²) in [7, 11) is 2.80. The molecule has 1 aromatic carbocycles. The molecule has 0 saturated heterocycles. The van der Waals surface area contributed by atoms with Crippen LogP contribution in [-0.2, 0) is 6.42 Å². The number of rotatable bonds is 0. The highest BCUT2D eigenvalue weighted by Gasteiger charge is 2.21. The first-order valence-electron chi connectivity index (χ1n) is 4.49. The summed E-state index contributed by atoms with van der Waals surface area (Å²) in [6, 6.07) is 6.99. The van der Waals surface area contributed by atoms with Gasteiger partial charge in [-0.25, -0.2) is 0 Å². The van der Waals surface area contributed by atoms with Crippen molar-refractivity contribution in [3.8, 4) is 0 Å². The van der Waals surface area contributed by atoms with Crippen LogP contribution in [0.5, 0.6) is 0 Å². The van der Waals surface area contributed by atoms with Gasteiger partial charge < -0.3 is 0 Å². The van der Waals surface area contributed by atoms with Gasteiger partial charge in [0.1, 0.15) is 0 Å². The fraction of sp³-hybridized carbons (Fsp3) is 0.400. The summed E-state index contributed by atoms with van der Waals surface area (Å²) in [5, 5.41) is 0. The molecule has 0 saturated carbocycles. The molecule has 0 spiro atoms. The van der Waals surface area contributed by atoms with Crippen LogP contribution < -0.4 is 0 Å². The highest BCUT2D eigenvalue weighted by Crippen LogP contribution is 2.34. The Morgan fingerprint density at radius 2 is 2.31 bits per heavy atom. The molecule has 1 aromatic rings. The Morgan fingerprint density at radius 1 is 1.54 bits per heavy atom. The third-order valence-electron chi connectivity index (χ3n) is 2.72. The smallest absolute Gasteiger partial charge is 0.0355 e. The fourth-order valence-corrected chi connectivity index (χ4v) is 2.71. The van der Waals surface area contributed by atoms with E-state index in [4.69, 9.17) is 0 Å². The highest BCUT2D eigenvalue weighted by atomic mass is 79.9. The Bertz CT molecular complexity index is 327. The maximum absolute atomic E-state index is 3.60. The standard InChI is InChI=1S/C10H13BrNP/c1-7-8-3-2-4-10(11)9(8)5-6-12(7)13/h2-4,7H,5-6,13H2,1H3. The van der Waals surface area contributed by atoms with E-state index in [2.05, 4.69) is 55.1 Å². The lowest BCUT2D eigenvalue weighted by Gasteiger charge is -2.32. The Labute approximate surface area is 89.9 Å². The third-order valence-corrected chi connectivity index (χ3v) is 4.17. The molecule has 0 radical (unpaired) electrons. The summed E-state index contributed by atoms with van der Waals surface area (Å²) < 4.78 is 3.57. The van der Waals surface area contributed by atoms with E-state index in [1.165, 1.54) is 15.6 Å². The highest BCUT2D eigenvalue weighted by molar-refractivity contribution is 9.10. The molecule has 2 rings (SSSR count). The van der Waals surface area contributed by atoms with E-state index >= 15 is 0 Å². The van der Waals surface area contributed by atoms with Gasteiger partial charge in [-0.3, -0.25) is 4.67 Å². The lowest BCUT2D eigenvalue weighted by molar-refractivity contribution is 0.361. The number of nitrogens with zero attached hydrogens (tertiary/aromatic N) is 1. The summed E-state index contributed by atoms with van der Waals surface area (Å²) in [5.41, 5.74) is 2.93. The molecular formula is C10H13BrNP. The molecule has 13 heavy (non-hydrogen) atoms. The predicted molar refractivity (Wildman–Crippen MR) is 62.7 cm³/mol. The lowest BCUT2D eigenvalue weighted by atomic mass is 9.95. The Balaban J connectivity index is 2.49. The summed E-state index contributed by atoms with van der Waals surface area (Å²) in [4.78, 5) is 0. The van der Waals surface area contributed by atoms with Crippen molar-refractivity contribution >= 4 is 25.3 Å². The largest absolute Gasteiger partial charge is 0.280 e. The zero-order valence-electron chi connectivity index (χ0n) is 7.63. The Kier molecular flexibility index (Phi) is 2.73. The van der Waals surface area contributed by atoms with Gasteiger partial charge in [-0.15, -0.1) is 0 Å². The minimum atomic E-state index is 0.520. The minimum absolute atomic E-state index is 0.520. The van der Waals surface area contributed by atoms with Gasteiger partial charge in [0, 0.05) is 17.1 Å². The second-order valence-corrected chi connectivity index (χ2v) is 4.99. The molecule has 70 valence electrons. The Morgan fingerprint density at radius 3 is 3.08 bits per heavy atom. The number of hydrogen-bond donors (Lipinski definition) is 0. The molecule has 3 heteroatoms. The quantitative estimate of drug-likeness (QED) is 0.646. The maximum Gasteiger partial charge on any atom is 0.0355 e. The van der Waals surface area contributed by atoms with Gasteiger partial charge in [-0.1, -0.05) is 37.5 Å². The van der Waals surface area contributed by atoms with E-state index in [9.17, 15) is 0 Å². The first kappa shape index (κ1) is 9.64.